The maximum atomic E-state index is 14.9. The highest BCUT2D eigenvalue weighted by Gasteiger charge is 2.50. The summed E-state index contributed by atoms with van der Waals surface area (Å²) in [4.78, 5) is 21.2. The van der Waals surface area contributed by atoms with Crippen molar-refractivity contribution in [1.82, 2.24) is 19.7 Å². The topological polar surface area (TPSA) is 77.7 Å². The molecule has 2 aromatic carbocycles. The molecule has 0 fully saturated rings. The summed E-state index contributed by atoms with van der Waals surface area (Å²) in [7, 11) is 4.74. The molecule has 1 amide bonds. The molecule has 3 aromatic rings. The Morgan fingerprint density at radius 1 is 1.09 bits per heavy atom. The van der Waals surface area contributed by atoms with Gasteiger partial charge in [0, 0.05) is 40.3 Å². The molecule has 1 atom stereocenters. The standard InChI is InChI=1S/C22H23F3N6O2/c1-28(2)20-11-19-15(10-18(20)25)21(32)31(8-4-7-30-13-26-12-27-30)22(33,29(19)3)16-6-5-14(23)9-17(16)24/h5-6,9-13,33H,4,7-8H2,1-3H3. The van der Waals surface area contributed by atoms with Crippen LogP contribution in [0.15, 0.2) is 43.0 Å². The molecule has 1 N–H and O–H groups in total. The molecule has 33 heavy (non-hydrogen) atoms. The van der Waals surface area contributed by atoms with Gasteiger partial charge in [0.1, 0.15) is 30.1 Å². The molecule has 1 aliphatic rings. The van der Waals surface area contributed by atoms with Crippen molar-refractivity contribution in [2.75, 3.05) is 37.5 Å². The minimum Gasteiger partial charge on any atom is -0.375 e. The molecular formula is C22H23F3N6O2. The molecule has 0 radical (unpaired) electrons. The predicted molar refractivity (Wildman–Crippen MR) is 115 cm³/mol. The lowest BCUT2D eigenvalue weighted by molar-refractivity contribution is -0.0992. The van der Waals surface area contributed by atoms with Crippen molar-refractivity contribution in [2.24, 2.45) is 0 Å². The van der Waals surface area contributed by atoms with E-state index in [2.05, 4.69) is 10.1 Å². The number of carbonyl (C=O) groups excluding carboxylic acids is 1. The van der Waals surface area contributed by atoms with Gasteiger partial charge in [0.2, 0.25) is 0 Å². The van der Waals surface area contributed by atoms with Gasteiger partial charge < -0.3 is 14.9 Å². The summed E-state index contributed by atoms with van der Waals surface area (Å²) in [6, 6.07) is 5.27. The third-order valence-electron chi connectivity index (χ3n) is 5.76. The quantitative estimate of drug-likeness (QED) is 0.609. The van der Waals surface area contributed by atoms with Gasteiger partial charge in [-0.3, -0.25) is 14.4 Å². The van der Waals surface area contributed by atoms with E-state index in [4.69, 9.17) is 0 Å². The van der Waals surface area contributed by atoms with Crippen LogP contribution in [0.25, 0.3) is 0 Å². The highest BCUT2D eigenvalue weighted by atomic mass is 19.1. The minimum absolute atomic E-state index is 0.0210. The second-order valence-electron chi connectivity index (χ2n) is 8.00. The monoisotopic (exact) mass is 460 g/mol. The maximum absolute atomic E-state index is 14.9. The molecule has 0 saturated heterocycles. The van der Waals surface area contributed by atoms with Crippen LogP contribution in [-0.2, 0) is 12.4 Å². The van der Waals surface area contributed by atoms with Crippen molar-refractivity contribution in [3.05, 3.63) is 71.6 Å². The first-order chi connectivity index (χ1) is 15.6. The number of amides is 1. The summed E-state index contributed by atoms with van der Waals surface area (Å²) in [5, 5.41) is 15.8. The number of aryl methyl sites for hydroxylation is 1. The normalized spacial score (nSPS) is 18.0. The molecule has 0 spiro atoms. The molecule has 1 aliphatic heterocycles. The number of anilines is 2. The number of hydrogen-bond acceptors (Lipinski definition) is 6. The summed E-state index contributed by atoms with van der Waals surface area (Å²) in [6.07, 6.45) is 3.20. The van der Waals surface area contributed by atoms with E-state index in [1.54, 1.807) is 18.8 Å². The van der Waals surface area contributed by atoms with E-state index >= 15 is 0 Å². The van der Waals surface area contributed by atoms with Crippen molar-refractivity contribution in [1.29, 1.82) is 0 Å². The number of benzene rings is 2. The lowest BCUT2D eigenvalue weighted by Crippen LogP contribution is -2.63. The number of halogens is 3. The van der Waals surface area contributed by atoms with Crippen molar-refractivity contribution in [2.45, 2.75) is 18.8 Å². The Morgan fingerprint density at radius 3 is 2.48 bits per heavy atom. The summed E-state index contributed by atoms with van der Waals surface area (Å²) in [5.41, 5.74) is 0.120. The Hall–Kier alpha value is -3.60. The highest BCUT2D eigenvalue weighted by molar-refractivity contribution is 6.03. The van der Waals surface area contributed by atoms with Crippen LogP contribution in [-0.4, -0.2) is 58.4 Å². The molecule has 174 valence electrons. The van der Waals surface area contributed by atoms with Gasteiger partial charge in [0.25, 0.3) is 11.8 Å². The Labute approximate surface area is 188 Å². The van der Waals surface area contributed by atoms with Crippen LogP contribution < -0.4 is 9.80 Å². The largest absolute Gasteiger partial charge is 0.375 e. The van der Waals surface area contributed by atoms with Crippen molar-refractivity contribution in [3.63, 3.8) is 0 Å². The molecule has 2 heterocycles. The van der Waals surface area contributed by atoms with E-state index in [9.17, 15) is 23.1 Å². The maximum Gasteiger partial charge on any atom is 0.260 e. The van der Waals surface area contributed by atoms with E-state index in [1.165, 1.54) is 35.6 Å². The number of aromatic nitrogens is 3. The van der Waals surface area contributed by atoms with Gasteiger partial charge in [0.05, 0.1) is 22.5 Å². The average molecular weight is 460 g/mol. The molecule has 11 heteroatoms. The van der Waals surface area contributed by atoms with Crippen LogP contribution >= 0.6 is 0 Å². The zero-order valence-corrected chi connectivity index (χ0v) is 18.3. The third-order valence-corrected chi connectivity index (χ3v) is 5.76. The molecule has 1 aromatic heterocycles. The number of aliphatic hydroxyl groups is 1. The predicted octanol–water partition coefficient (Wildman–Crippen LogP) is 2.55. The van der Waals surface area contributed by atoms with Crippen LogP contribution in [0.1, 0.15) is 22.3 Å². The van der Waals surface area contributed by atoms with Crippen molar-refractivity contribution in [3.8, 4) is 0 Å². The van der Waals surface area contributed by atoms with Gasteiger partial charge in [-0.05, 0) is 30.7 Å². The minimum atomic E-state index is -2.29. The Kier molecular flexibility index (Phi) is 5.75. The fraction of sp³-hybridized carbons (Fsp3) is 0.318. The first-order valence-corrected chi connectivity index (χ1v) is 10.2. The molecule has 4 rings (SSSR count). The zero-order chi connectivity index (χ0) is 23.9. The van der Waals surface area contributed by atoms with Crippen molar-refractivity contribution < 1.29 is 23.1 Å². The Morgan fingerprint density at radius 2 is 1.85 bits per heavy atom. The summed E-state index contributed by atoms with van der Waals surface area (Å²) in [6.45, 7) is 0.350. The van der Waals surface area contributed by atoms with Crippen LogP contribution in [0.2, 0.25) is 0 Å². The zero-order valence-electron chi connectivity index (χ0n) is 18.3. The average Bonchev–Trinajstić information content (AvgIpc) is 3.27. The second-order valence-corrected chi connectivity index (χ2v) is 8.00. The number of carbonyl (C=O) groups is 1. The van der Waals surface area contributed by atoms with Gasteiger partial charge in [-0.2, -0.15) is 5.10 Å². The van der Waals surface area contributed by atoms with Crippen LogP contribution in [0.4, 0.5) is 24.5 Å². The van der Waals surface area contributed by atoms with E-state index < -0.39 is 29.2 Å². The van der Waals surface area contributed by atoms with Gasteiger partial charge in [-0.1, -0.05) is 0 Å². The SMILES string of the molecule is CN(C)c1cc2c(cc1F)C(=O)N(CCCn1cncn1)C(O)(c1ccc(F)cc1F)N2C. The summed E-state index contributed by atoms with van der Waals surface area (Å²) >= 11 is 0. The number of rotatable bonds is 6. The molecule has 1 unspecified atom stereocenters. The van der Waals surface area contributed by atoms with E-state index in [1.807, 2.05) is 0 Å². The highest BCUT2D eigenvalue weighted by Crippen LogP contribution is 2.43. The van der Waals surface area contributed by atoms with Crippen LogP contribution in [0, 0.1) is 17.5 Å². The summed E-state index contributed by atoms with van der Waals surface area (Å²) < 4.78 is 44.8. The lowest BCUT2D eigenvalue weighted by atomic mass is 9.97. The fourth-order valence-electron chi connectivity index (χ4n) is 4.06. The second kappa shape index (κ2) is 8.39. The number of hydrogen-bond donors (Lipinski definition) is 1. The summed E-state index contributed by atoms with van der Waals surface area (Å²) in [5.74, 6) is -5.42. The first-order valence-electron chi connectivity index (χ1n) is 10.2. The van der Waals surface area contributed by atoms with Crippen LogP contribution in [0.5, 0.6) is 0 Å². The van der Waals surface area contributed by atoms with E-state index in [0.717, 1.165) is 23.1 Å². The Bertz CT molecular complexity index is 1190. The first kappa shape index (κ1) is 22.6. The molecule has 0 aliphatic carbocycles. The number of nitrogens with zero attached hydrogens (tertiary/aromatic N) is 6. The van der Waals surface area contributed by atoms with Crippen LogP contribution in [0.3, 0.4) is 0 Å². The van der Waals surface area contributed by atoms with Gasteiger partial charge in [0.15, 0.2) is 0 Å². The van der Waals surface area contributed by atoms with E-state index in [0.29, 0.717) is 19.0 Å². The van der Waals surface area contributed by atoms with Crippen molar-refractivity contribution >= 4 is 17.3 Å². The van der Waals surface area contributed by atoms with E-state index in [-0.39, 0.29) is 29.0 Å². The van der Waals surface area contributed by atoms with Gasteiger partial charge in [-0.15, -0.1) is 0 Å². The molecular weight excluding hydrogens is 437 g/mol. The smallest absolute Gasteiger partial charge is 0.260 e. The Balaban J connectivity index is 1.83. The molecule has 8 nitrogen and oxygen atoms in total. The number of fused-ring (bicyclic) bond motifs is 1. The molecule has 0 bridgehead atoms. The molecule has 0 saturated carbocycles. The third kappa shape index (κ3) is 3.78. The van der Waals surface area contributed by atoms with Gasteiger partial charge >= 0.3 is 0 Å². The van der Waals surface area contributed by atoms with Gasteiger partial charge in [-0.25, -0.2) is 18.2 Å². The lowest BCUT2D eigenvalue weighted by Gasteiger charge is -2.50. The fourth-order valence-corrected chi connectivity index (χ4v) is 4.06.